The van der Waals surface area contributed by atoms with E-state index in [2.05, 4.69) is 15.3 Å². The molecule has 1 aromatic rings. The van der Waals surface area contributed by atoms with E-state index in [1.54, 1.807) is 13.8 Å². The van der Waals surface area contributed by atoms with Gasteiger partial charge in [0.05, 0.1) is 0 Å². The van der Waals surface area contributed by atoms with Crippen LogP contribution in [0.4, 0.5) is 13.2 Å². The van der Waals surface area contributed by atoms with Gasteiger partial charge in [-0.25, -0.2) is 14.8 Å². The van der Waals surface area contributed by atoms with Gasteiger partial charge in [-0.15, -0.1) is 0 Å². The van der Waals surface area contributed by atoms with Crippen LogP contribution in [0.1, 0.15) is 43.0 Å². The van der Waals surface area contributed by atoms with Gasteiger partial charge in [0.2, 0.25) is 5.91 Å². The van der Waals surface area contributed by atoms with Crippen molar-refractivity contribution in [2.75, 3.05) is 0 Å². The van der Waals surface area contributed by atoms with Crippen LogP contribution in [0.25, 0.3) is 0 Å². The SMILES string of the molecule is Cc1nc2c(c(C(F)(F)F)n1)CC(C(=O)N[C@@H](C(=O)O)C(C)C)CC2. The second-order valence-corrected chi connectivity index (χ2v) is 6.55. The van der Waals surface area contributed by atoms with E-state index in [-0.39, 0.29) is 30.1 Å². The maximum atomic E-state index is 13.2. The van der Waals surface area contributed by atoms with E-state index in [1.807, 2.05) is 0 Å². The minimum Gasteiger partial charge on any atom is -0.480 e. The lowest BCUT2D eigenvalue weighted by atomic mass is 9.84. The zero-order valence-electron chi connectivity index (χ0n) is 14.1. The van der Waals surface area contributed by atoms with Gasteiger partial charge in [-0.05, 0) is 32.1 Å². The first kappa shape index (κ1) is 19.1. The Hall–Kier alpha value is -2.19. The Balaban J connectivity index is 2.25. The van der Waals surface area contributed by atoms with Crippen molar-refractivity contribution in [1.29, 1.82) is 0 Å². The molecule has 1 aromatic heterocycles. The number of aromatic nitrogens is 2. The van der Waals surface area contributed by atoms with Gasteiger partial charge in [0.15, 0.2) is 5.69 Å². The molecule has 6 nitrogen and oxygen atoms in total. The molecule has 2 rings (SSSR count). The van der Waals surface area contributed by atoms with E-state index in [4.69, 9.17) is 5.11 Å². The number of fused-ring (bicyclic) bond motifs is 1. The number of halogens is 3. The average molecular weight is 359 g/mol. The minimum absolute atomic E-state index is 0.0414. The lowest BCUT2D eigenvalue weighted by molar-refractivity contribution is -0.144. The number of amides is 1. The molecular weight excluding hydrogens is 339 g/mol. The van der Waals surface area contributed by atoms with Gasteiger partial charge in [0, 0.05) is 17.2 Å². The fraction of sp³-hybridized carbons (Fsp3) is 0.625. The Morgan fingerprint density at radius 3 is 2.44 bits per heavy atom. The van der Waals surface area contributed by atoms with Crippen LogP contribution in [0, 0.1) is 18.8 Å². The molecule has 1 amide bonds. The summed E-state index contributed by atoms with van der Waals surface area (Å²) in [5.41, 5.74) is -0.769. The highest BCUT2D eigenvalue weighted by Gasteiger charge is 2.40. The van der Waals surface area contributed by atoms with Gasteiger partial charge >= 0.3 is 12.1 Å². The molecule has 0 aliphatic heterocycles. The number of aryl methyl sites for hydroxylation is 2. The molecule has 2 atom stereocenters. The standard InChI is InChI=1S/C16H20F3N3O3/c1-7(2)12(15(24)25)22-14(23)9-4-5-11-10(6-9)13(16(17,18)19)21-8(3)20-11/h7,9,12H,4-6H2,1-3H3,(H,22,23)(H,24,25)/t9?,12-/m1/s1. The third-order valence-corrected chi connectivity index (χ3v) is 4.25. The summed E-state index contributed by atoms with van der Waals surface area (Å²) in [6.45, 7) is 4.69. The molecule has 2 N–H and O–H groups in total. The summed E-state index contributed by atoms with van der Waals surface area (Å²) < 4.78 is 39.7. The van der Waals surface area contributed by atoms with Crippen LogP contribution >= 0.6 is 0 Å². The monoisotopic (exact) mass is 359 g/mol. The Bertz CT molecular complexity index is 689. The highest BCUT2D eigenvalue weighted by atomic mass is 19.4. The summed E-state index contributed by atoms with van der Waals surface area (Å²) in [5, 5.41) is 11.6. The quantitative estimate of drug-likeness (QED) is 0.859. The summed E-state index contributed by atoms with van der Waals surface area (Å²) in [7, 11) is 0. The number of hydrogen-bond donors (Lipinski definition) is 2. The maximum absolute atomic E-state index is 13.2. The predicted octanol–water partition coefficient (Wildman–Crippen LogP) is 2.13. The number of alkyl halides is 3. The van der Waals surface area contributed by atoms with Crippen molar-refractivity contribution in [3.63, 3.8) is 0 Å². The molecule has 0 radical (unpaired) electrons. The molecule has 25 heavy (non-hydrogen) atoms. The molecule has 1 aliphatic rings. The topological polar surface area (TPSA) is 92.2 Å². The number of aliphatic carboxylic acids is 1. The van der Waals surface area contributed by atoms with Crippen LogP contribution in [-0.2, 0) is 28.6 Å². The fourth-order valence-corrected chi connectivity index (χ4v) is 2.98. The number of rotatable bonds is 4. The van der Waals surface area contributed by atoms with Crippen molar-refractivity contribution in [3.8, 4) is 0 Å². The van der Waals surface area contributed by atoms with Crippen LogP contribution in [-0.4, -0.2) is 33.0 Å². The maximum Gasteiger partial charge on any atom is 0.433 e. The molecule has 0 saturated carbocycles. The Morgan fingerprint density at radius 1 is 1.28 bits per heavy atom. The number of hydrogen-bond acceptors (Lipinski definition) is 4. The van der Waals surface area contributed by atoms with Gasteiger partial charge in [-0.1, -0.05) is 13.8 Å². The van der Waals surface area contributed by atoms with Crippen LogP contribution < -0.4 is 5.32 Å². The number of carboxylic acids is 1. The van der Waals surface area contributed by atoms with Gasteiger partial charge in [0.25, 0.3) is 0 Å². The van der Waals surface area contributed by atoms with Gasteiger partial charge in [-0.2, -0.15) is 13.2 Å². The number of carbonyl (C=O) groups is 2. The summed E-state index contributed by atoms with van der Waals surface area (Å²) in [6.07, 6.45) is -4.24. The molecule has 0 bridgehead atoms. The number of nitrogens with one attached hydrogen (secondary N) is 1. The molecule has 1 aliphatic carbocycles. The zero-order chi connectivity index (χ0) is 18.9. The summed E-state index contributed by atoms with van der Waals surface area (Å²) in [4.78, 5) is 31.1. The molecule has 0 saturated heterocycles. The summed E-state index contributed by atoms with van der Waals surface area (Å²) in [5.74, 6) is -2.76. The highest BCUT2D eigenvalue weighted by molar-refractivity contribution is 5.85. The molecular formula is C16H20F3N3O3. The second kappa shape index (κ2) is 6.97. The first-order valence-corrected chi connectivity index (χ1v) is 7.97. The summed E-state index contributed by atoms with van der Waals surface area (Å²) >= 11 is 0. The number of carboxylic acid groups (broad SMARTS) is 1. The first-order valence-electron chi connectivity index (χ1n) is 7.97. The van der Waals surface area contributed by atoms with Crippen molar-refractivity contribution in [1.82, 2.24) is 15.3 Å². The third-order valence-electron chi connectivity index (χ3n) is 4.25. The van der Waals surface area contributed by atoms with Gasteiger partial charge in [0.1, 0.15) is 11.9 Å². The molecule has 1 heterocycles. The molecule has 1 unspecified atom stereocenters. The smallest absolute Gasteiger partial charge is 0.433 e. The fourth-order valence-electron chi connectivity index (χ4n) is 2.98. The van der Waals surface area contributed by atoms with Crippen molar-refractivity contribution in [2.45, 2.75) is 52.3 Å². The molecule has 0 aromatic carbocycles. The number of nitrogens with zero attached hydrogens (tertiary/aromatic N) is 2. The molecule has 138 valence electrons. The normalized spacial score (nSPS) is 18.6. The summed E-state index contributed by atoms with van der Waals surface area (Å²) in [6, 6.07) is -1.08. The highest BCUT2D eigenvalue weighted by Crippen LogP contribution is 2.36. The van der Waals surface area contributed by atoms with Crippen molar-refractivity contribution in [3.05, 3.63) is 22.8 Å². The molecule has 0 fully saturated rings. The van der Waals surface area contributed by atoms with E-state index in [1.165, 1.54) is 6.92 Å². The van der Waals surface area contributed by atoms with Gasteiger partial charge < -0.3 is 10.4 Å². The van der Waals surface area contributed by atoms with E-state index >= 15 is 0 Å². The van der Waals surface area contributed by atoms with Crippen molar-refractivity contribution >= 4 is 11.9 Å². The Morgan fingerprint density at radius 2 is 1.92 bits per heavy atom. The Kier molecular flexibility index (Phi) is 5.34. The largest absolute Gasteiger partial charge is 0.480 e. The third kappa shape index (κ3) is 4.26. The second-order valence-electron chi connectivity index (χ2n) is 6.55. The van der Waals surface area contributed by atoms with Crippen LogP contribution in [0.3, 0.4) is 0 Å². The van der Waals surface area contributed by atoms with Crippen molar-refractivity contribution < 1.29 is 27.9 Å². The number of carbonyl (C=O) groups excluding carboxylic acids is 1. The van der Waals surface area contributed by atoms with E-state index in [0.29, 0.717) is 12.1 Å². The van der Waals surface area contributed by atoms with E-state index in [9.17, 15) is 22.8 Å². The van der Waals surface area contributed by atoms with Gasteiger partial charge in [-0.3, -0.25) is 4.79 Å². The first-order chi connectivity index (χ1) is 11.5. The zero-order valence-corrected chi connectivity index (χ0v) is 14.1. The Labute approximate surface area is 142 Å². The minimum atomic E-state index is -4.63. The molecule has 9 heteroatoms. The predicted molar refractivity (Wildman–Crippen MR) is 81.7 cm³/mol. The van der Waals surface area contributed by atoms with Crippen molar-refractivity contribution in [2.24, 2.45) is 11.8 Å². The van der Waals surface area contributed by atoms with E-state index in [0.717, 1.165) is 0 Å². The molecule has 0 spiro atoms. The van der Waals surface area contributed by atoms with Crippen LogP contribution in [0.5, 0.6) is 0 Å². The lowest BCUT2D eigenvalue weighted by Crippen LogP contribution is -2.47. The van der Waals surface area contributed by atoms with E-state index < -0.39 is 35.7 Å². The van der Waals surface area contributed by atoms with Crippen LogP contribution in [0.15, 0.2) is 0 Å². The lowest BCUT2D eigenvalue weighted by Gasteiger charge is -2.27. The van der Waals surface area contributed by atoms with Crippen LogP contribution in [0.2, 0.25) is 0 Å². The average Bonchev–Trinajstić information content (AvgIpc) is 2.49.